The Balaban J connectivity index is 1.21. The van der Waals surface area contributed by atoms with Crippen molar-refractivity contribution in [2.24, 2.45) is 0 Å². The monoisotopic (exact) mass is 593 g/mol. The number of halogens is 1. The molecule has 10 nitrogen and oxygen atoms in total. The van der Waals surface area contributed by atoms with E-state index in [1.54, 1.807) is 36.4 Å². The molecule has 200 valence electrons. The Morgan fingerprint density at radius 2 is 1.87 bits per heavy atom. The first-order valence-electron chi connectivity index (χ1n) is 12.1. The molecule has 0 saturated carbocycles. The van der Waals surface area contributed by atoms with Crippen LogP contribution in [0.2, 0.25) is 0 Å². The zero-order chi connectivity index (χ0) is 27.5. The molecule has 1 atom stereocenters. The maximum atomic E-state index is 13.2. The summed E-state index contributed by atoms with van der Waals surface area (Å²) in [6.45, 7) is 0.0811. The highest BCUT2D eigenvalue weighted by molar-refractivity contribution is 9.10. The highest BCUT2D eigenvalue weighted by Gasteiger charge is 2.41. The average Bonchev–Trinajstić information content (AvgIpc) is 3.24. The molecule has 2 N–H and O–H groups in total. The highest BCUT2D eigenvalue weighted by atomic mass is 79.9. The Kier molecular flexibility index (Phi) is 7.51. The smallest absolute Gasteiger partial charge is 0.411 e. The third-order valence-electron chi connectivity index (χ3n) is 6.42. The number of anilines is 1. The van der Waals surface area contributed by atoms with Crippen molar-refractivity contribution >= 4 is 45.4 Å². The Morgan fingerprint density at radius 1 is 1.08 bits per heavy atom. The Labute approximate surface area is 232 Å². The average molecular weight is 594 g/mol. The summed E-state index contributed by atoms with van der Waals surface area (Å²) in [5, 5.41) is 4.94. The number of fused-ring (bicyclic) bond motifs is 1. The van der Waals surface area contributed by atoms with Crippen LogP contribution in [0.3, 0.4) is 0 Å². The van der Waals surface area contributed by atoms with Crippen LogP contribution in [0, 0.1) is 0 Å². The van der Waals surface area contributed by atoms with Gasteiger partial charge in [-0.2, -0.15) is 0 Å². The highest BCUT2D eigenvalue weighted by Crippen LogP contribution is 2.36. The van der Waals surface area contributed by atoms with Gasteiger partial charge in [-0.25, -0.2) is 4.79 Å². The first-order valence-corrected chi connectivity index (χ1v) is 12.9. The lowest BCUT2D eigenvalue weighted by molar-refractivity contribution is -0.136. The molecule has 0 aromatic heterocycles. The quantitative estimate of drug-likeness (QED) is 0.378. The third kappa shape index (κ3) is 5.73. The van der Waals surface area contributed by atoms with Crippen LogP contribution >= 0.6 is 15.9 Å². The number of methoxy groups -OCH3 is 1. The van der Waals surface area contributed by atoms with Gasteiger partial charge in [0.1, 0.15) is 29.9 Å². The molecule has 1 unspecified atom stereocenters. The van der Waals surface area contributed by atoms with Gasteiger partial charge >= 0.3 is 6.09 Å². The van der Waals surface area contributed by atoms with E-state index in [-0.39, 0.29) is 43.6 Å². The van der Waals surface area contributed by atoms with Gasteiger partial charge in [-0.1, -0.05) is 34.1 Å². The number of carbonyl (C=O) groups is 4. The molecule has 0 bridgehead atoms. The van der Waals surface area contributed by atoms with Crippen LogP contribution in [0.15, 0.2) is 65.1 Å². The van der Waals surface area contributed by atoms with E-state index >= 15 is 0 Å². The van der Waals surface area contributed by atoms with Crippen LogP contribution in [0.5, 0.6) is 17.2 Å². The zero-order valence-corrected chi connectivity index (χ0v) is 22.4. The molecular formula is C28H24BrN3O7. The van der Waals surface area contributed by atoms with Crippen molar-refractivity contribution in [2.45, 2.75) is 32.0 Å². The summed E-state index contributed by atoms with van der Waals surface area (Å²) in [7, 11) is 1.43. The van der Waals surface area contributed by atoms with E-state index in [1.165, 1.54) is 12.0 Å². The summed E-state index contributed by atoms with van der Waals surface area (Å²) in [4.78, 5) is 51.0. The van der Waals surface area contributed by atoms with E-state index in [2.05, 4.69) is 26.6 Å². The molecular weight excluding hydrogens is 570 g/mol. The minimum Gasteiger partial charge on any atom is -0.495 e. The number of nitrogens with zero attached hydrogens (tertiary/aromatic N) is 1. The molecule has 2 aliphatic heterocycles. The maximum absolute atomic E-state index is 13.2. The number of imide groups is 1. The van der Waals surface area contributed by atoms with Crippen LogP contribution in [-0.2, 0) is 27.5 Å². The SMILES string of the molecule is COc1c(COC(=O)Nc2ccc(Oc3cccc(Br)c3)cc2)ccc2c1C(=O)N(C1CCC(=O)NC1=O)C2. The van der Waals surface area contributed by atoms with Gasteiger partial charge in [0.05, 0.1) is 12.7 Å². The molecule has 0 radical (unpaired) electrons. The fraction of sp³-hybridized carbons (Fsp3) is 0.214. The van der Waals surface area contributed by atoms with Gasteiger partial charge in [-0.05, 0) is 54.4 Å². The number of nitrogens with one attached hydrogen (secondary N) is 2. The number of carbonyl (C=O) groups excluding carboxylic acids is 4. The number of benzene rings is 3. The van der Waals surface area contributed by atoms with E-state index in [1.807, 2.05) is 24.3 Å². The molecule has 0 aliphatic carbocycles. The normalized spacial score (nSPS) is 16.4. The molecule has 2 heterocycles. The van der Waals surface area contributed by atoms with Gasteiger partial charge in [0, 0.05) is 28.7 Å². The number of piperidine rings is 1. The largest absolute Gasteiger partial charge is 0.495 e. The van der Waals surface area contributed by atoms with E-state index in [0.717, 1.165) is 4.47 Å². The van der Waals surface area contributed by atoms with Crippen molar-refractivity contribution in [3.8, 4) is 17.2 Å². The predicted octanol–water partition coefficient (Wildman–Crippen LogP) is 4.76. The minimum absolute atomic E-state index is 0.141. The number of hydrogen-bond donors (Lipinski definition) is 2. The second-order valence-electron chi connectivity index (χ2n) is 8.98. The van der Waals surface area contributed by atoms with E-state index < -0.39 is 18.0 Å². The number of rotatable bonds is 7. The van der Waals surface area contributed by atoms with Crippen molar-refractivity contribution in [2.75, 3.05) is 12.4 Å². The fourth-order valence-electron chi connectivity index (χ4n) is 4.58. The molecule has 39 heavy (non-hydrogen) atoms. The molecule has 2 aliphatic rings. The minimum atomic E-state index is -0.732. The standard InChI is InChI=1S/C28H24BrN3O7/c1-37-25-17(6-5-16-14-32(27(35)24(16)25)22-11-12-23(33)31-26(22)34)15-38-28(36)30-19-7-9-20(10-8-19)39-21-4-2-3-18(29)13-21/h2-10,13,22H,11-12,14-15H2,1H3,(H,30,36)(H,31,33,34). The first-order chi connectivity index (χ1) is 18.8. The van der Waals surface area contributed by atoms with Gasteiger partial charge in [-0.15, -0.1) is 0 Å². The molecule has 3 aromatic rings. The maximum Gasteiger partial charge on any atom is 0.411 e. The summed E-state index contributed by atoms with van der Waals surface area (Å²) >= 11 is 3.40. The van der Waals surface area contributed by atoms with Crippen molar-refractivity contribution in [3.05, 3.63) is 81.8 Å². The molecule has 3 aromatic carbocycles. The van der Waals surface area contributed by atoms with E-state index in [4.69, 9.17) is 14.2 Å². The summed E-state index contributed by atoms with van der Waals surface area (Å²) in [5.41, 5.74) is 2.03. The van der Waals surface area contributed by atoms with E-state index in [9.17, 15) is 19.2 Å². The number of amides is 4. The van der Waals surface area contributed by atoms with Crippen molar-refractivity contribution in [1.82, 2.24) is 10.2 Å². The van der Waals surface area contributed by atoms with Crippen molar-refractivity contribution in [1.29, 1.82) is 0 Å². The lowest BCUT2D eigenvalue weighted by Gasteiger charge is -2.29. The van der Waals surface area contributed by atoms with Gasteiger partial charge < -0.3 is 19.1 Å². The lowest BCUT2D eigenvalue weighted by atomic mass is 10.0. The third-order valence-corrected chi connectivity index (χ3v) is 6.92. The van der Waals surface area contributed by atoms with Crippen LogP contribution in [0.4, 0.5) is 10.5 Å². The van der Waals surface area contributed by atoms with Gasteiger partial charge in [0.15, 0.2) is 0 Å². The zero-order valence-electron chi connectivity index (χ0n) is 20.9. The van der Waals surface area contributed by atoms with Crippen LogP contribution < -0.4 is 20.1 Å². The summed E-state index contributed by atoms with van der Waals surface area (Å²) in [5.74, 6) is 0.360. The topological polar surface area (TPSA) is 123 Å². The van der Waals surface area contributed by atoms with Crippen molar-refractivity contribution in [3.63, 3.8) is 0 Å². The predicted molar refractivity (Wildman–Crippen MR) is 144 cm³/mol. The van der Waals surface area contributed by atoms with E-state index in [0.29, 0.717) is 33.9 Å². The second kappa shape index (κ2) is 11.2. The second-order valence-corrected chi connectivity index (χ2v) is 9.89. The van der Waals surface area contributed by atoms with Gasteiger partial charge in [0.2, 0.25) is 11.8 Å². The molecule has 4 amide bonds. The fourth-order valence-corrected chi connectivity index (χ4v) is 4.96. The number of hydrogen-bond acceptors (Lipinski definition) is 7. The van der Waals surface area contributed by atoms with Gasteiger partial charge in [-0.3, -0.25) is 25.0 Å². The molecule has 1 saturated heterocycles. The summed E-state index contributed by atoms with van der Waals surface area (Å²) in [6.07, 6.45) is -0.252. The van der Waals surface area contributed by atoms with Crippen LogP contribution in [-0.4, -0.2) is 41.9 Å². The lowest BCUT2D eigenvalue weighted by Crippen LogP contribution is -2.52. The molecule has 0 spiro atoms. The van der Waals surface area contributed by atoms with Crippen LogP contribution in [0.25, 0.3) is 0 Å². The summed E-state index contributed by atoms with van der Waals surface area (Å²) in [6, 6.07) is 17.0. The first kappa shape index (κ1) is 26.2. The summed E-state index contributed by atoms with van der Waals surface area (Å²) < 4.78 is 17.6. The Hall–Kier alpha value is -4.38. The molecule has 1 fully saturated rings. The molecule has 11 heteroatoms. The Bertz CT molecular complexity index is 1460. The number of ether oxygens (including phenoxy) is 3. The van der Waals surface area contributed by atoms with Gasteiger partial charge in [0.25, 0.3) is 5.91 Å². The Morgan fingerprint density at radius 3 is 2.59 bits per heavy atom. The van der Waals surface area contributed by atoms with Crippen LogP contribution in [0.1, 0.15) is 34.3 Å². The van der Waals surface area contributed by atoms with Crippen molar-refractivity contribution < 1.29 is 33.4 Å². The molecule has 5 rings (SSSR count).